The minimum absolute atomic E-state index is 0. The average Bonchev–Trinajstić information content (AvgIpc) is 2.68. The number of benzene rings is 1. The lowest BCUT2D eigenvalue weighted by Gasteiger charge is -2.41. The van der Waals surface area contributed by atoms with Crippen molar-refractivity contribution >= 4 is 36.4 Å². The van der Waals surface area contributed by atoms with Gasteiger partial charge in [0.25, 0.3) is 0 Å². The molecular formula is C20H33Cl2FN4O. The predicted molar refractivity (Wildman–Crippen MR) is 117 cm³/mol. The van der Waals surface area contributed by atoms with E-state index in [9.17, 15) is 9.18 Å². The monoisotopic (exact) mass is 434 g/mol. The summed E-state index contributed by atoms with van der Waals surface area (Å²) in [5, 5.41) is 3.24. The van der Waals surface area contributed by atoms with Crippen molar-refractivity contribution in [3.63, 3.8) is 0 Å². The highest BCUT2D eigenvalue weighted by molar-refractivity contribution is 5.85. The van der Waals surface area contributed by atoms with Gasteiger partial charge in [-0.2, -0.15) is 0 Å². The van der Waals surface area contributed by atoms with E-state index in [4.69, 9.17) is 0 Å². The molecule has 0 aromatic heterocycles. The second kappa shape index (κ2) is 11.8. The molecule has 1 aromatic rings. The molecule has 3 rings (SSSR count). The van der Waals surface area contributed by atoms with Crippen LogP contribution in [0.4, 0.5) is 10.1 Å². The third kappa shape index (κ3) is 6.21. The Morgan fingerprint density at radius 1 is 1.14 bits per heavy atom. The number of carbonyl (C=O) groups is 1. The first kappa shape index (κ1) is 25.0. The molecule has 2 saturated heterocycles. The summed E-state index contributed by atoms with van der Waals surface area (Å²) in [7, 11) is 1.98. The van der Waals surface area contributed by atoms with Gasteiger partial charge < -0.3 is 15.1 Å². The van der Waals surface area contributed by atoms with Crippen LogP contribution in [0.3, 0.4) is 0 Å². The molecule has 2 heterocycles. The van der Waals surface area contributed by atoms with Crippen LogP contribution in [0, 0.1) is 11.7 Å². The van der Waals surface area contributed by atoms with Crippen molar-refractivity contribution in [3.8, 4) is 0 Å². The van der Waals surface area contributed by atoms with Gasteiger partial charge in [0, 0.05) is 45.0 Å². The third-order valence-electron chi connectivity index (χ3n) is 5.73. The van der Waals surface area contributed by atoms with Crippen LogP contribution in [0.25, 0.3) is 0 Å². The van der Waals surface area contributed by atoms with Gasteiger partial charge >= 0.3 is 0 Å². The van der Waals surface area contributed by atoms with E-state index in [2.05, 4.69) is 20.0 Å². The molecule has 5 nitrogen and oxygen atoms in total. The Balaban J connectivity index is 0.00000196. The molecule has 0 bridgehead atoms. The van der Waals surface area contributed by atoms with Gasteiger partial charge in [-0.15, -0.1) is 24.8 Å². The number of likely N-dealkylation sites (tertiary alicyclic amines) is 1. The van der Waals surface area contributed by atoms with Gasteiger partial charge in [-0.05, 0) is 63.5 Å². The van der Waals surface area contributed by atoms with Gasteiger partial charge in [0.05, 0.1) is 6.04 Å². The highest BCUT2D eigenvalue weighted by Gasteiger charge is 2.31. The molecule has 2 atom stereocenters. The maximum absolute atomic E-state index is 13.1. The SMILES string of the molecule is CNCC1CCCN(C(=O)C(C)N2CCN(c3ccc(F)cc3)CC2)C1.Cl.Cl. The molecular weight excluding hydrogens is 402 g/mol. The van der Waals surface area contributed by atoms with E-state index in [-0.39, 0.29) is 42.6 Å². The van der Waals surface area contributed by atoms with Gasteiger partial charge in [0.1, 0.15) is 5.82 Å². The Morgan fingerprint density at radius 3 is 2.39 bits per heavy atom. The number of hydrogen-bond donors (Lipinski definition) is 1. The number of rotatable bonds is 5. The summed E-state index contributed by atoms with van der Waals surface area (Å²) < 4.78 is 13.1. The lowest BCUT2D eigenvalue weighted by Crippen LogP contribution is -2.56. The van der Waals surface area contributed by atoms with Crippen LogP contribution in [0.15, 0.2) is 24.3 Å². The molecule has 160 valence electrons. The van der Waals surface area contributed by atoms with Crippen LogP contribution in [-0.4, -0.2) is 74.6 Å². The van der Waals surface area contributed by atoms with Crippen molar-refractivity contribution in [1.82, 2.24) is 15.1 Å². The Hall–Kier alpha value is -1.08. The van der Waals surface area contributed by atoms with E-state index in [0.29, 0.717) is 5.92 Å². The zero-order valence-corrected chi connectivity index (χ0v) is 18.4. The predicted octanol–water partition coefficient (Wildman–Crippen LogP) is 2.64. The fraction of sp³-hybridized carbons (Fsp3) is 0.650. The first-order chi connectivity index (χ1) is 12.6. The van der Waals surface area contributed by atoms with E-state index in [1.54, 1.807) is 0 Å². The second-order valence-electron chi connectivity index (χ2n) is 7.53. The summed E-state index contributed by atoms with van der Waals surface area (Å²) in [6.45, 7) is 8.23. The van der Waals surface area contributed by atoms with E-state index in [0.717, 1.165) is 57.9 Å². The van der Waals surface area contributed by atoms with Crippen molar-refractivity contribution in [2.45, 2.75) is 25.8 Å². The number of nitrogens with one attached hydrogen (secondary N) is 1. The quantitative estimate of drug-likeness (QED) is 0.772. The smallest absolute Gasteiger partial charge is 0.239 e. The summed E-state index contributed by atoms with van der Waals surface area (Å²) in [5.41, 5.74) is 1.05. The average molecular weight is 435 g/mol. The van der Waals surface area contributed by atoms with Crippen molar-refractivity contribution in [1.29, 1.82) is 0 Å². The summed E-state index contributed by atoms with van der Waals surface area (Å²) in [6.07, 6.45) is 2.30. The lowest BCUT2D eigenvalue weighted by atomic mass is 9.97. The molecule has 1 N–H and O–H groups in total. The minimum atomic E-state index is -0.204. The number of nitrogens with zero attached hydrogens (tertiary/aromatic N) is 3. The number of piperidine rings is 1. The van der Waals surface area contributed by atoms with Gasteiger partial charge in [-0.25, -0.2) is 4.39 Å². The maximum atomic E-state index is 13.1. The molecule has 2 aliphatic heterocycles. The first-order valence-electron chi connectivity index (χ1n) is 9.76. The van der Waals surface area contributed by atoms with Crippen LogP contribution in [0.2, 0.25) is 0 Å². The summed E-state index contributed by atoms with van der Waals surface area (Å²) in [6, 6.07) is 6.60. The highest BCUT2D eigenvalue weighted by Crippen LogP contribution is 2.20. The zero-order valence-electron chi connectivity index (χ0n) is 16.8. The van der Waals surface area contributed by atoms with Gasteiger partial charge in [-0.1, -0.05) is 0 Å². The number of halogens is 3. The fourth-order valence-corrected chi connectivity index (χ4v) is 4.16. The van der Waals surface area contributed by atoms with Gasteiger partial charge in [0.15, 0.2) is 0 Å². The van der Waals surface area contributed by atoms with Crippen LogP contribution in [-0.2, 0) is 4.79 Å². The number of amides is 1. The standard InChI is InChI=1S/C20H31FN4O.2ClH/c1-16(20(26)25-9-3-4-17(15-25)14-22-2)23-10-12-24(13-11-23)19-7-5-18(21)6-8-19;;/h5-8,16-17,22H,3-4,9-15H2,1-2H3;2*1H. The zero-order chi connectivity index (χ0) is 18.5. The molecule has 2 aliphatic rings. The molecule has 8 heteroatoms. The topological polar surface area (TPSA) is 38.8 Å². The van der Waals surface area contributed by atoms with E-state index in [1.165, 1.54) is 18.6 Å². The largest absolute Gasteiger partial charge is 0.369 e. The van der Waals surface area contributed by atoms with Crippen LogP contribution in [0.1, 0.15) is 19.8 Å². The third-order valence-corrected chi connectivity index (χ3v) is 5.73. The van der Waals surface area contributed by atoms with Crippen molar-refractivity contribution in [3.05, 3.63) is 30.1 Å². The normalized spacial score (nSPS) is 21.5. The molecule has 2 unspecified atom stereocenters. The minimum Gasteiger partial charge on any atom is -0.369 e. The van der Waals surface area contributed by atoms with Gasteiger partial charge in [-0.3, -0.25) is 9.69 Å². The van der Waals surface area contributed by atoms with Crippen LogP contribution in [0.5, 0.6) is 0 Å². The number of anilines is 1. The highest BCUT2D eigenvalue weighted by atomic mass is 35.5. The summed E-state index contributed by atoms with van der Waals surface area (Å²) in [5.74, 6) is 0.631. The number of carbonyl (C=O) groups excluding carboxylic acids is 1. The maximum Gasteiger partial charge on any atom is 0.239 e. The Labute approximate surface area is 180 Å². The Kier molecular flexibility index (Phi) is 10.5. The fourth-order valence-electron chi connectivity index (χ4n) is 4.16. The van der Waals surface area contributed by atoms with Crippen LogP contribution >= 0.6 is 24.8 Å². The van der Waals surface area contributed by atoms with Crippen LogP contribution < -0.4 is 10.2 Å². The number of hydrogen-bond acceptors (Lipinski definition) is 4. The van der Waals surface area contributed by atoms with Crippen molar-refractivity contribution in [2.24, 2.45) is 5.92 Å². The van der Waals surface area contributed by atoms with E-state index >= 15 is 0 Å². The molecule has 1 aromatic carbocycles. The van der Waals surface area contributed by atoms with E-state index in [1.807, 2.05) is 26.1 Å². The molecule has 0 spiro atoms. The number of piperazine rings is 1. The molecule has 2 fully saturated rings. The first-order valence-corrected chi connectivity index (χ1v) is 9.76. The summed E-state index contributed by atoms with van der Waals surface area (Å²) in [4.78, 5) is 19.5. The van der Waals surface area contributed by atoms with Crippen molar-refractivity contribution in [2.75, 3.05) is 57.8 Å². The molecule has 28 heavy (non-hydrogen) atoms. The lowest BCUT2D eigenvalue weighted by molar-refractivity contribution is -0.138. The second-order valence-corrected chi connectivity index (χ2v) is 7.53. The van der Waals surface area contributed by atoms with E-state index < -0.39 is 0 Å². The molecule has 0 radical (unpaired) electrons. The van der Waals surface area contributed by atoms with Gasteiger partial charge in [0.2, 0.25) is 5.91 Å². The molecule has 0 saturated carbocycles. The molecule has 1 amide bonds. The molecule has 0 aliphatic carbocycles. The summed E-state index contributed by atoms with van der Waals surface area (Å²) >= 11 is 0. The Morgan fingerprint density at radius 2 is 1.79 bits per heavy atom. The Bertz CT molecular complexity index is 594. The van der Waals surface area contributed by atoms with Crippen molar-refractivity contribution < 1.29 is 9.18 Å².